The molecule has 4 rings (SSSR count). The van der Waals surface area contributed by atoms with Gasteiger partial charge < -0.3 is 9.88 Å². The summed E-state index contributed by atoms with van der Waals surface area (Å²) in [6, 6.07) is 15.8. The highest BCUT2D eigenvalue weighted by Crippen LogP contribution is 2.25. The van der Waals surface area contributed by atoms with Gasteiger partial charge in [0.1, 0.15) is 5.82 Å². The number of carbonyl (C=O) groups excluding carboxylic acids is 2. The Morgan fingerprint density at radius 3 is 2.30 bits per heavy atom. The van der Waals surface area contributed by atoms with Crippen LogP contribution in [0.1, 0.15) is 34.6 Å². The van der Waals surface area contributed by atoms with Gasteiger partial charge >= 0.3 is 0 Å². The van der Waals surface area contributed by atoms with Gasteiger partial charge in [0.2, 0.25) is 5.91 Å². The maximum atomic E-state index is 12.9. The SMILES string of the molecule is Cc1nc(S(=O)(=O)N2CCC(C(=O)Nc3cccc(C(=O)c4ccccc4)c3)CC2)cn1C. The summed E-state index contributed by atoms with van der Waals surface area (Å²) in [5.41, 5.74) is 1.61. The number of imidazole rings is 1. The van der Waals surface area contributed by atoms with E-state index in [1.807, 2.05) is 6.07 Å². The van der Waals surface area contributed by atoms with Gasteiger partial charge in [0.15, 0.2) is 10.8 Å². The Balaban J connectivity index is 1.38. The molecule has 1 aliphatic rings. The van der Waals surface area contributed by atoms with Crippen LogP contribution in [0.3, 0.4) is 0 Å². The van der Waals surface area contributed by atoms with Crippen LogP contribution in [0.4, 0.5) is 5.69 Å². The Bertz CT molecular complexity index is 1260. The third kappa shape index (κ3) is 4.89. The van der Waals surface area contributed by atoms with Gasteiger partial charge in [-0.05, 0) is 31.9 Å². The molecule has 172 valence electrons. The van der Waals surface area contributed by atoms with Crippen LogP contribution in [0.5, 0.6) is 0 Å². The van der Waals surface area contributed by atoms with Gasteiger partial charge in [-0.15, -0.1) is 0 Å². The van der Waals surface area contributed by atoms with E-state index in [-0.39, 0.29) is 35.7 Å². The lowest BCUT2D eigenvalue weighted by Gasteiger charge is -2.30. The summed E-state index contributed by atoms with van der Waals surface area (Å²) in [7, 11) is -1.93. The molecule has 1 aliphatic heterocycles. The molecule has 2 aromatic carbocycles. The highest BCUT2D eigenvalue weighted by atomic mass is 32.2. The molecule has 0 radical (unpaired) electrons. The Morgan fingerprint density at radius 2 is 1.67 bits per heavy atom. The van der Waals surface area contributed by atoms with Gasteiger partial charge in [-0.3, -0.25) is 9.59 Å². The number of benzene rings is 2. The maximum absolute atomic E-state index is 12.9. The number of amides is 1. The molecule has 1 saturated heterocycles. The Hall–Kier alpha value is -3.30. The average Bonchev–Trinajstić information content (AvgIpc) is 3.18. The fourth-order valence-electron chi connectivity index (χ4n) is 3.88. The van der Waals surface area contributed by atoms with Crippen molar-refractivity contribution in [1.82, 2.24) is 13.9 Å². The number of piperidine rings is 1. The third-order valence-corrected chi connectivity index (χ3v) is 7.71. The number of nitrogens with one attached hydrogen (secondary N) is 1. The molecule has 1 amide bonds. The van der Waals surface area contributed by atoms with E-state index < -0.39 is 10.0 Å². The molecule has 9 heteroatoms. The second kappa shape index (κ2) is 9.29. The van der Waals surface area contributed by atoms with E-state index in [9.17, 15) is 18.0 Å². The van der Waals surface area contributed by atoms with Crippen LogP contribution in [0.2, 0.25) is 0 Å². The third-order valence-electron chi connectivity index (χ3n) is 5.94. The summed E-state index contributed by atoms with van der Waals surface area (Å²) < 4.78 is 28.8. The van der Waals surface area contributed by atoms with Crippen LogP contribution in [0.15, 0.2) is 65.8 Å². The van der Waals surface area contributed by atoms with Crippen LogP contribution in [0.25, 0.3) is 0 Å². The number of ketones is 1. The first kappa shape index (κ1) is 22.9. The number of hydrogen-bond donors (Lipinski definition) is 1. The highest BCUT2D eigenvalue weighted by molar-refractivity contribution is 7.89. The number of nitrogens with zero attached hydrogens (tertiary/aromatic N) is 3. The molecule has 0 saturated carbocycles. The van der Waals surface area contributed by atoms with Gasteiger partial charge in [0.25, 0.3) is 10.0 Å². The Kier molecular flexibility index (Phi) is 6.44. The number of sulfonamides is 1. The number of aromatic nitrogens is 2. The van der Waals surface area contributed by atoms with E-state index in [1.165, 1.54) is 10.5 Å². The molecule has 0 aliphatic carbocycles. The number of carbonyl (C=O) groups is 2. The zero-order chi connectivity index (χ0) is 23.6. The quantitative estimate of drug-likeness (QED) is 0.563. The van der Waals surface area contributed by atoms with Crippen molar-refractivity contribution in [3.05, 3.63) is 77.7 Å². The van der Waals surface area contributed by atoms with E-state index in [4.69, 9.17) is 0 Å². The first-order chi connectivity index (χ1) is 15.8. The first-order valence-electron chi connectivity index (χ1n) is 10.8. The summed E-state index contributed by atoms with van der Waals surface area (Å²) in [6.45, 7) is 2.25. The van der Waals surface area contributed by atoms with Crippen molar-refractivity contribution in [2.75, 3.05) is 18.4 Å². The minimum absolute atomic E-state index is 0.0327. The molecule has 0 unspecified atom stereocenters. The first-order valence-corrected chi connectivity index (χ1v) is 12.2. The van der Waals surface area contributed by atoms with Crippen LogP contribution in [-0.4, -0.2) is 47.1 Å². The van der Waals surface area contributed by atoms with Crippen molar-refractivity contribution in [3.63, 3.8) is 0 Å². The molecule has 2 heterocycles. The fourth-order valence-corrected chi connectivity index (χ4v) is 5.37. The van der Waals surface area contributed by atoms with E-state index in [1.54, 1.807) is 67.1 Å². The van der Waals surface area contributed by atoms with Crippen molar-refractivity contribution in [1.29, 1.82) is 0 Å². The molecule has 3 aromatic rings. The summed E-state index contributed by atoms with van der Waals surface area (Å²) >= 11 is 0. The fraction of sp³-hybridized carbons (Fsp3) is 0.292. The molecule has 0 bridgehead atoms. The lowest BCUT2D eigenvalue weighted by molar-refractivity contribution is -0.120. The monoisotopic (exact) mass is 466 g/mol. The predicted molar refractivity (Wildman–Crippen MR) is 124 cm³/mol. The molecular formula is C24H26N4O4S. The second-order valence-corrected chi connectivity index (χ2v) is 10.1. The van der Waals surface area contributed by atoms with Crippen molar-refractivity contribution in [3.8, 4) is 0 Å². The van der Waals surface area contributed by atoms with E-state index in [2.05, 4.69) is 10.3 Å². The van der Waals surface area contributed by atoms with Gasteiger partial charge in [-0.2, -0.15) is 4.31 Å². The summed E-state index contributed by atoms with van der Waals surface area (Å²) in [5, 5.41) is 2.91. The average molecular weight is 467 g/mol. The molecular weight excluding hydrogens is 440 g/mol. The maximum Gasteiger partial charge on any atom is 0.262 e. The molecule has 8 nitrogen and oxygen atoms in total. The molecule has 1 N–H and O–H groups in total. The largest absolute Gasteiger partial charge is 0.337 e. The number of aryl methyl sites for hydroxylation is 2. The van der Waals surface area contributed by atoms with Crippen molar-refractivity contribution in [2.24, 2.45) is 13.0 Å². The van der Waals surface area contributed by atoms with Crippen LogP contribution < -0.4 is 5.32 Å². The minimum atomic E-state index is -3.68. The molecule has 33 heavy (non-hydrogen) atoms. The van der Waals surface area contributed by atoms with Crippen LogP contribution in [0, 0.1) is 12.8 Å². The molecule has 0 spiro atoms. The van der Waals surface area contributed by atoms with E-state index >= 15 is 0 Å². The molecule has 1 fully saturated rings. The van der Waals surface area contributed by atoms with Gasteiger partial charge in [0.05, 0.1) is 0 Å². The summed E-state index contributed by atoms with van der Waals surface area (Å²) in [5.74, 6) is 0.0197. The van der Waals surface area contributed by atoms with Crippen LogP contribution >= 0.6 is 0 Å². The van der Waals surface area contributed by atoms with E-state index in [0.717, 1.165) is 0 Å². The smallest absolute Gasteiger partial charge is 0.262 e. The number of rotatable bonds is 6. The standard InChI is InChI=1S/C24H26N4O4S/c1-17-25-22(16-27(17)2)33(31,32)28-13-11-19(12-14-28)24(30)26-21-10-6-9-20(15-21)23(29)18-7-4-3-5-8-18/h3-10,15-16,19H,11-14H2,1-2H3,(H,26,30). The van der Waals surface area contributed by atoms with E-state index in [0.29, 0.717) is 35.5 Å². The molecule has 1 aromatic heterocycles. The van der Waals surface area contributed by atoms with Gasteiger partial charge in [0, 0.05) is 49.1 Å². The van der Waals surface area contributed by atoms with Gasteiger partial charge in [-0.25, -0.2) is 13.4 Å². The zero-order valence-corrected chi connectivity index (χ0v) is 19.4. The highest BCUT2D eigenvalue weighted by Gasteiger charge is 2.33. The predicted octanol–water partition coefficient (Wildman–Crippen LogP) is 3.00. The minimum Gasteiger partial charge on any atom is -0.337 e. The normalized spacial score (nSPS) is 15.3. The summed E-state index contributed by atoms with van der Waals surface area (Å²) in [6.07, 6.45) is 2.34. The lowest BCUT2D eigenvalue weighted by atomic mass is 9.97. The number of hydrogen-bond acceptors (Lipinski definition) is 5. The van der Waals surface area contributed by atoms with Crippen LogP contribution in [-0.2, 0) is 21.9 Å². The summed E-state index contributed by atoms with van der Waals surface area (Å²) in [4.78, 5) is 29.6. The van der Waals surface area contributed by atoms with Crippen molar-refractivity contribution >= 4 is 27.4 Å². The zero-order valence-electron chi connectivity index (χ0n) is 18.6. The Morgan fingerprint density at radius 1 is 1.00 bits per heavy atom. The van der Waals surface area contributed by atoms with Gasteiger partial charge in [-0.1, -0.05) is 42.5 Å². The second-order valence-electron chi connectivity index (χ2n) is 8.18. The number of anilines is 1. The topological polar surface area (TPSA) is 101 Å². The molecule has 0 atom stereocenters. The Labute approximate surface area is 193 Å². The lowest BCUT2D eigenvalue weighted by Crippen LogP contribution is -2.41. The van der Waals surface area contributed by atoms with Crippen molar-refractivity contribution in [2.45, 2.75) is 24.8 Å². The van der Waals surface area contributed by atoms with Crippen molar-refractivity contribution < 1.29 is 18.0 Å².